The van der Waals surface area contributed by atoms with Crippen LogP contribution < -0.4 is 0 Å². The molecule has 1 saturated heterocycles. The fourth-order valence-electron chi connectivity index (χ4n) is 3.55. The van der Waals surface area contributed by atoms with Gasteiger partial charge in [-0.05, 0) is 37.5 Å². The van der Waals surface area contributed by atoms with Crippen molar-refractivity contribution in [3.8, 4) is 0 Å². The quantitative estimate of drug-likeness (QED) is 0.717. The van der Waals surface area contributed by atoms with Crippen molar-refractivity contribution in [2.24, 2.45) is 11.3 Å². The second kappa shape index (κ2) is 5.00. The van der Waals surface area contributed by atoms with Crippen LogP contribution in [0.5, 0.6) is 0 Å². The molecule has 1 atom stereocenters. The fourth-order valence-corrected chi connectivity index (χ4v) is 3.55. The highest BCUT2D eigenvalue weighted by Crippen LogP contribution is 2.50. The standard InChI is InChI=1S/C13H23F3N2/c1-17(2)18-8-6-12(7-9-18)5-3-4-11(10-12)13(14,15)16/h11H,3-10H2,1-2H3. The Morgan fingerprint density at radius 2 is 1.72 bits per heavy atom. The number of nitrogens with zero attached hydrogens (tertiary/aromatic N) is 2. The maximum Gasteiger partial charge on any atom is 0.391 e. The second-order valence-corrected chi connectivity index (χ2v) is 6.14. The fraction of sp³-hybridized carbons (Fsp3) is 1.00. The summed E-state index contributed by atoms with van der Waals surface area (Å²) >= 11 is 0. The van der Waals surface area contributed by atoms with Crippen LogP contribution in [0.25, 0.3) is 0 Å². The van der Waals surface area contributed by atoms with Crippen molar-refractivity contribution in [1.29, 1.82) is 0 Å². The first-order chi connectivity index (χ1) is 8.32. The molecule has 0 aromatic heterocycles. The Morgan fingerprint density at radius 3 is 2.22 bits per heavy atom. The molecular weight excluding hydrogens is 241 g/mol. The van der Waals surface area contributed by atoms with Crippen molar-refractivity contribution in [3.63, 3.8) is 0 Å². The highest BCUT2D eigenvalue weighted by molar-refractivity contribution is 4.92. The SMILES string of the molecule is CN(C)N1CCC2(CCCC(C(F)(F)F)C2)CC1. The van der Waals surface area contributed by atoms with E-state index in [-0.39, 0.29) is 5.41 Å². The lowest BCUT2D eigenvalue weighted by Crippen LogP contribution is -2.48. The molecule has 1 saturated carbocycles. The van der Waals surface area contributed by atoms with Crippen molar-refractivity contribution < 1.29 is 13.2 Å². The average Bonchev–Trinajstić information content (AvgIpc) is 2.28. The summed E-state index contributed by atoms with van der Waals surface area (Å²) in [4.78, 5) is 0. The van der Waals surface area contributed by atoms with E-state index in [2.05, 4.69) is 10.0 Å². The van der Waals surface area contributed by atoms with Crippen LogP contribution >= 0.6 is 0 Å². The van der Waals surface area contributed by atoms with E-state index in [0.717, 1.165) is 38.8 Å². The van der Waals surface area contributed by atoms with Gasteiger partial charge in [-0.2, -0.15) is 13.2 Å². The number of halogens is 3. The van der Waals surface area contributed by atoms with Crippen LogP contribution in [0, 0.1) is 11.3 Å². The average molecular weight is 264 g/mol. The van der Waals surface area contributed by atoms with Crippen molar-refractivity contribution in [2.45, 2.75) is 44.7 Å². The summed E-state index contributed by atoms with van der Waals surface area (Å²) < 4.78 is 38.6. The van der Waals surface area contributed by atoms with E-state index in [1.165, 1.54) is 0 Å². The predicted octanol–water partition coefficient (Wildman–Crippen LogP) is 3.30. The first kappa shape index (κ1) is 14.1. The maximum absolute atomic E-state index is 12.9. The molecule has 0 N–H and O–H groups in total. The molecule has 2 rings (SSSR count). The van der Waals surface area contributed by atoms with E-state index in [1.807, 2.05) is 14.1 Å². The van der Waals surface area contributed by atoms with Gasteiger partial charge < -0.3 is 0 Å². The molecule has 0 aromatic rings. The van der Waals surface area contributed by atoms with E-state index >= 15 is 0 Å². The normalized spacial score (nSPS) is 30.0. The molecule has 2 nitrogen and oxygen atoms in total. The second-order valence-electron chi connectivity index (χ2n) is 6.14. The summed E-state index contributed by atoms with van der Waals surface area (Å²) in [5, 5.41) is 4.28. The molecule has 1 spiro atoms. The van der Waals surface area contributed by atoms with E-state index in [9.17, 15) is 13.2 Å². The molecule has 2 aliphatic rings. The third kappa shape index (κ3) is 2.99. The van der Waals surface area contributed by atoms with E-state index in [4.69, 9.17) is 0 Å². The predicted molar refractivity (Wildman–Crippen MR) is 64.9 cm³/mol. The summed E-state index contributed by atoms with van der Waals surface area (Å²) in [6.07, 6.45) is 0.259. The number of rotatable bonds is 1. The largest absolute Gasteiger partial charge is 0.391 e. The van der Waals surface area contributed by atoms with Crippen molar-refractivity contribution >= 4 is 0 Å². The van der Waals surface area contributed by atoms with Crippen molar-refractivity contribution in [2.75, 3.05) is 27.2 Å². The van der Waals surface area contributed by atoms with E-state index < -0.39 is 12.1 Å². The van der Waals surface area contributed by atoms with E-state index in [0.29, 0.717) is 12.8 Å². The molecule has 18 heavy (non-hydrogen) atoms. The molecule has 106 valence electrons. The molecule has 1 unspecified atom stereocenters. The van der Waals surface area contributed by atoms with Crippen LogP contribution in [0.4, 0.5) is 13.2 Å². The van der Waals surface area contributed by atoms with Gasteiger partial charge in [0.25, 0.3) is 0 Å². The summed E-state index contributed by atoms with van der Waals surface area (Å²) in [6, 6.07) is 0. The molecule has 1 aliphatic carbocycles. The van der Waals surface area contributed by atoms with Gasteiger partial charge in [0.05, 0.1) is 5.92 Å². The molecule has 0 amide bonds. The topological polar surface area (TPSA) is 6.48 Å². The number of alkyl halides is 3. The monoisotopic (exact) mass is 264 g/mol. The Hall–Kier alpha value is -0.290. The zero-order valence-corrected chi connectivity index (χ0v) is 11.3. The molecule has 0 bridgehead atoms. The lowest BCUT2D eigenvalue weighted by Gasteiger charge is -2.48. The molecule has 5 heteroatoms. The van der Waals surface area contributed by atoms with Crippen LogP contribution in [-0.2, 0) is 0 Å². The van der Waals surface area contributed by atoms with Gasteiger partial charge >= 0.3 is 6.18 Å². The highest BCUT2D eigenvalue weighted by Gasteiger charge is 2.48. The third-order valence-electron chi connectivity index (χ3n) is 4.77. The number of piperidine rings is 1. The van der Waals surface area contributed by atoms with Gasteiger partial charge in [0.15, 0.2) is 0 Å². The molecule has 1 aliphatic heterocycles. The summed E-state index contributed by atoms with van der Waals surface area (Å²) in [5.74, 6) is -1.06. The van der Waals surface area contributed by atoms with Gasteiger partial charge in [-0.1, -0.05) is 6.42 Å². The minimum atomic E-state index is -3.99. The summed E-state index contributed by atoms with van der Waals surface area (Å²) in [7, 11) is 3.99. The van der Waals surface area contributed by atoms with E-state index in [1.54, 1.807) is 0 Å². The van der Waals surface area contributed by atoms with Crippen molar-refractivity contribution in [3.05, 3.63) is 0 Å². The Labute approximate surface area is 107 Å². The summed E-state index contributed by atoms with van der Waals surface area (Å²) in [5.41, 5.74) is -0.0368. The Kier molecular flexibility index (Phi) is 3.93. The third-order valence-corrected chi connectivity index (χ3v) is 4.77. The molecular formula is C13H23F3N2. The van der Waals surface area contributed by atoms with Crippen LogP contribution in [0.3, 0.4) is 0 Å². The lowest BCUT2D eigenvalue weighted by atomic mass is 9.64. The van der Waals surface area contributed by atoms with Crippen LogP contribution in [0.15, 0.2) is 0 Å². The maximum atomic E-state index is 12.9. The molecule has 1 heterocycles. The zero-order valence-electron chi connectivity index (χ0n) is 11.3. The summed E-state index contributed by atoms with van der Waals surface area (Å²) in [6.45, 7) is 1.80. The van der Waals surface area contributed by atoms with Crippen LogP contribution in [-0.4, -0.2) is 43.4 Å². The Bertz CT molecular complexity index is 280. The van der Waals surface area contributed by atoms with Gasteiger partial charge in [-0.15, -0.1) is 0 Å². The molecule has 2 fully saturated rings. The zero-order chi connectivity index (χ0) is 13.4. The number of hydrazine groups is 1. The van der Waals surface area contributed by atoms with Gasteiger partial charge in [-0.25, -0.2) is 10.0 Å². The van der Waals surface area contributed by atoms with Gasteiger partial charge in [0.2, 0.25) is 0 Å². The Balaban J connectivity index is 1.97. The Morgan fingerprint density at radius 1 is 1.11 bits per heavy atom. The highest BCUT2D eigenvalue weighted by atomic mass is 19.4. The van der Waals surface area contributed by atoms with Crippen LogP contribution in [0.1, 0.15) is 38.5 Å². The van der Waals surface area contributed by atoms with Gasteiger partial charge in [0.1, 0.15) is 0 Å². The van der Waals surface area contributed by atoms with Crippen LogP contribution in [0.2, 0.25) is 0 Å². The smallest absolute Gasteiger partial charge is 0.248 e. The van der Waals surface area contributed by atoms with Crippen molar-refractivity contribution in [1.82, 2.24) is 10.0 Å². The number of hydrogen-bond acceptors (Lipinski definition) is 2. The lowest BCUT2D eigenvalue weighted by molar-refractivity contribution is -0.196. The van der Waals surface area contributed by atoms with Gasteiger partial charge in [0, 0.05) is 27.2 Å². The minimum Gasteiger partial charge on any atom is -0.248 e. The minimum absolute atomic E-state index is 0.0368. The first-order valence-electron chi connectivity index (χ1n) is 6.81. The van der Waals surface area contributed by atoms with Gasteiger partial charge in [-0.3, -0.25) is 0 Å². The first-order valence-corrected chi connectivity index (χ1v) is 6.81. The molecule has 0 aromatic carbocycles. The number of hydrogen-bond donors (Lipinski definition) is 0. The molecule has 0 radical (unpaired) electrons.